The van der Waals surface area contributed by atoms with Gasteiger partial charge in [-0.05, 0) is 43.6 Å². The fourth-order valence-electron chi connectivity index (χ4n) is 4.57. The zero-order valence-corrected chi connectivity index (χ0v) is 19.5. The van der Waals surface area contributed by atoms with Crippen LogP contribution in [0.15, 0.2) is 29.4 Å². The second kappa shape index (κ2) is 8.74. The van der Waals surface area contributed by atoms with Crippen molar-refractivity contribution < 1.29 is 4.79 Å². The molecule has 1 saturated heterocycles. The van der Waals surface area contributed by atoms with Crippen molar-refractivity contribution in [2.45, 2.75) is 88.1 Å². The third-order valence-electron chi connectivity index (χ3n) is 6.41. The molecular weight excluding hydrogens is 392 g/mol. The molecule has 4 rings (SSSR count). The summed E-state index contributed by atoms with van der Waals surface area (Å²) in [5.41, 5.74) is 2.55. The van der Waals surface area contributed by atoms with Crippen molar-refractivity contribution in [1.29, 1.82) is 0 Å². The lowest BCUT2D eigenvalue weighted by molar-refractivity contribution is -0.129. The van der Waals surface area contributed by atoms with Gasteiger partial charge in [0.25, 0.3) is 0 Å². The van der Waals surface area contributed by atoms with Crippen LogP contribution in [-0.4, -0.2) is 43.9 Å². The lowest BCUT2D eigenvalue weighted by Crippen LogP contribution is -2.34. The van der Waals surface area contributed by atoms with Crippen molar-refractivity contribution >= 4 is 17.7 Å². The second-order valence-electron chi connectivity index (χ2n) is 9.73. The van der Waals surface area contributed by atoms with Gasteiger partial charge in [0, 0.05) is 24.7 Å². The summed E-state index contributed by atoms with van der Waals surface area (Å²) in [6, 6.07) is 9.17. The predicted octanol–water partition coefficient (Wildman–Crippen LogP) is 5.46. The van der Waals surface area contributed by atoms with E-state index in [1.807, 2.05) is 11.8 Å². The number of amides is 1. The summed E-state index contributed by atoms with van der Waals surface area (Å²) in [6.07, 6.45) is 7.06. The largest absolute Gasteiger partial charge is 0.342 e. The number of carbonyl (C=O) groups excluding carboxylic acids is 1. The Morgan fingerprint density at radius 2 is 1.67 bits per heavy atom. The number of hydrogen-bond acceptors (Lipinski definition) is 4. The Morgan fingerprint density at radius 1 is 1.03 bits per heavy atom. The Bertz CT molecular complexity index is 872. The molecule has 0 spiro atoms. The van der Waals surface area contributed by atoms with Crippen LogP contribution in [0, 0.1) is 0 Å². The number of rotatable bonds is 5. The summed E-state index contributed by atoms with van der Waals surface area (Å²) in [7, 11) is 0. The summed E-state index contributed by atoms with van der Waals surface area (Å²) in [4.78, 5) is 14.8. The van der Waals surface area contributed by atoms with E-state index in [9.17, 15) is 4.79 Å². The van der Waals surface area contributed by atoms with Gasteiger partial charge >= 0.3 is 0 Å². The summed E-state index contributed by atoms with van der Waals surface area (Å²) in [5, 5.41) is 9.91. The van der Waals surface area contributed by atoms with E-state index < -0.39 is 0 Å². The monoisotopic (exact) mass is 426 g/mol. The molecule has 1 saturated carbocycles. The molecule has 162 valence electrons. The smallest absolute Gasteiger partial charge is 0.235 e. The molecular formula is C24H34N4OS. The molecule has 2 fully saturated rings. The highest BCUT2D eigenvalue weighted by molar-refractivity contribution is 8.00. The summed E-state index contributed by atoms with van der Waals surface area (Å²) in [6.45, 7) is 10.5. The van der Waals surface area contributed by atoms with Crippen LogP contribution >= 0.6 is 11.8 Å². The van der Waals surface area contributed by atoms with E-state index in [-0.39, 0.29) is 16.6 Å². The first kappa shape index (κ1) is 21.4. The quantitative estimate of drug-likeness (QED) is 0.596. The van der Waals surface area contributed by atoms with Crippen LogP contribution < -0.4 is 0 Å². The van der Waals surface area contributed by atoms with Gasteiger partial charge < -0.3 is 4.90 Å². The van der Waals surface area contributed by atoms with E-state index in [4.69, 9.17) is 0 Å². The Hall–Kier alpha value is -1.82. The van der Waals surface area contributed by atoms with E-state index in [2.05, 4.69) is 59.8 Å². The molecule has 5 nitrogen and oxygen atoms in total. The molecule has 2 heterocycles. The molecule has 6 heteroatoms. The van der Waals surface area contributed by atoms with E-state index in [0.29, 0.717) is 6.04 Å². The zero-order chi connectivity index (χ0) is 21.3. The molecule has 1 atom stereocenters. The molecule has 2 aliphatic rings. The van der Waals surface area contributed by atoms with Crippen LogP contribution in [0.4, 0.5) is 0 Å². The minimum atomic E-state index is -0.136. The number of thioether (sulfide) groups is 1. The van der Waals surface area contributed by atoms with Crippen LogP contribution in [0.3, 0.4) is 0 Å². The molecule has 0 radical (unpaired) electrons. The van der Waals surface area contributed by atoms with Crippen LogP contribution in [0.2, 0.25) is 0 Å². The van der Waals surface area contributed by atoms with Crippen LogP contribution in [0.25, 0.3) is 11.4 Å². The first-order valence-corrected chi connectivity index (χ1v) is 12.2. The normalized spacial score (nSPS) is 18.9. The first-order chi connectivity index (χ1) is 14.3. The van der Waals surface area contributed by atoms with Crippen molar-refractivity contribution in [3.63, 3.8) is 0 Å². The lowest BCUT2D eigenvalue weighted by atomic mass is 9.86. The molecule has 2 aromatic rings. The summed E-state index contributed by atoms with van der Waals surface area (Å²) < 4.78 is 2.32. The number of nitrogens with zero attached hydrogens (tertiary/aromatic N) is 4. The highest BCUT2D eigenvalue weighted by atomic mass is 32.2. The molecule has 0 N–H and O–H groups in total. The standard InChI is InChI=1S/C24H34N4OS/c1-17(22(29)27-15-7-8-16-27)30-23-26-25-21(28(23)20-9-5-6-10-20)18-11-13-19(14-12-18)24(2,3)4/h11-14,17,20H,5-10,15-16H2,1-4H3. The lowest BCUT2D eigenvalue weighted by Gasteiger charge is -2.22. The molecule has 1 aromatic heterocycles. The molecule has 1 aliphatic carbocycles. The average molecular weight is 427 g/mol. The third-order valence-corrected chi connectivity index (χ3v) is 7.46. The van der Waals surface area contributed by atoms with Crippen molar-refractivity contribution in [2.24, 2.45) is 0 Å². The third kappa shape index (κ3) is 4.43. The van der Waals surface area contributed by atoms with Crippen molar-refractivity contribution in [2.75, 3.05) is 13.1 Å². The molecule has 1 aromatic carbocycles. The molecule has 0 bridgehead atoms. The number of carbonyl (C=O) groups is 1. The van der Waals surface area contributed by atoms with Gasteiger partial charge in [-0.2, -0.15) is 0 Å². The number of likely N-dealkylation sites (tertiary alicyclic amines) is 1. The van der Waals surface area contributed by atoms with Gasteiger partial charge in [0.05, 0.1) is 5.25 Å². The van der Waals surface area contributed by atoms with Crippen LogP contribution in [0.5, 0.6) is 0 Å². The molecule has 30 heavy (non-hydrogen) atoms. The molecule has 1 aliphatic heterocycles. The number of hydrogen-bond donors (Lipinski definition) is 0. The fraction of sp³-hybridized carbons (Fsp3) is 0.625. The van der Waals surface area contributed by atoms with Crippen LogP contribution in [0.1, 0.15) is 77.8 Å². The van der Waals surface area contributed by atoms with Crippen molar-refractivity contribution in [3.8, 4) is 11.4 Å². The Labute approximate surface area is 184 Å². The van der Waals surface area contributed by atoms with E-state index in [1.54, 1.807) is 11.8 Å². The average Bonchev–Trinajstić information content (AvgIpc) is 3.47. The maximum Gasteiger partial charge on any atom is 0.235 e. The van der Waals surface area contributed by atoms with Gasteiger partial charge in [-0.1, -0.05) is 69.6 Å². The van der Waals surface area contributed by atoms with E-state index in [1.165, 1.54) is 18.4 Å². The van der Waals surface area contributed by atoms with Gasteiger partial charge in [-0.3, -0.25) is 9.36 Å². The van der Waals surface area contributed by atoms with Gasteiger partial charge in [0.15, 0.2) is 11.0 Å². The van der Waals surface area contributed by atoms with E-state index >= 15 is 0 Å². The van der Waals surface area contributed by atoms with Gasteiger partial charge in [-0.25, -0.2) is 0 Å². The minimum Gasteiger partial charge on any atom is -0.342 e. The van der Waals surface area contributed by atoms with Crippen molar-refractivity contribution in [1.82, 2.24) is 19.7 Å². The van der Waals surface area contributed by atoms with Crippen LogP contribution in [-0.2, 0) is 10.2 Å². The SMILES string of the molecule is CC(Sc1nnc(-c2ccc(C(C)(C)C)cc2)n1C1CCCC1)C(=O)N1CCCC1. The maximum absolute atomic E-state index is 12.8. The van der Waals surface area contributed by atoms with E-state index in [0.717, 1.165) is 55.3 Å². The number of aromatic nitrogens is 3. The molecule has 1 amide bonds. The Balaban J connectivity index is 1.62. The highest BCUT2D eigenvalue weighted by Gasteiger charge is 2.29. The van der Waals surface area contributed by atoms with Gasteiger partial charge in [0.1, 0.15) is 0 Å². The Morgan fingerprint density at radius 3 is 2.27 bits per heavy atom. The maximum atomic E-state index is 12.8. The first-order valence-electron chi connectivity index (χ1n) is 11.4. The summed E-state index contributed by atoms with van der Waals surface area (Å²) >= 11 is 1.57. The number of benzene rings is 1. The Kier molecular flexibility index (Phi) is 6.24. The molecule has 1 unspecified atom stereocenters. The van der Waals surface area contributed by atoms with Gasteiger partial charge in [0.2, 0.25) is 5.91 Å². The summed E-state index contributed by atoms with van der Waals surface area (Å²) in [5.74, 6) is 1.17. The predicted molar refractivity (Wildman–Crippen MR) is 123 cm³/mol. The second-order valence-corrected chi connectivity index (χ2v) is 11.0. The fourth-order valence-corrected chi connectivity index (χ4v) is 5.57. The zero-order valence-electron chi connectivity index (χ0n) is 18.7. The van der Waals surface area contributed by atoms with Crippen molar-refractivity contribution in [3.05, 3.63) is 29.8 Å². The minimum absolute atomic E-state index is 0.129. The topological polar surface area (TPSA) is 51.0 Å². The highest BCUT2D eigenvalue weighted by Crippen LogP contribution is 2.38. The van der Waals surface area contributed by atoms with Gasteiger partial charge in [-0.15, -0.1) is 10.2 Å².